The van der Waals surface area contributed by atoms with Crippen LogP contribution >= 0.6 is 11.3 Å². The SMILES string of the molecule is Cn1cc2c(C(=O)CC3CCC(CCN4CCc5sc(OCC(C)(F)F)nc5C(F)C4)CC3)cccc2n1. The van der Waals surface area contributed by atoms with Crippen LogP contribution < -0.4 is 4.74 Å². The van der Waals surface area contributed by atoms with E-state index in [-0.39, 0.29) is 17.5 Å². The number of benzene rings is 1. The zero-order valence-electron chi connectivity index (χ0n) is 22.0. The molecule has 10 heteroatoms. The highest BCUT2D eigenvalue weighted by Gasteiger charge is 2.30. The Morgan fingerprint density at radius 3 is 2.74 bits per heavy atom. The second kappa shape index (κ2) is 11.3. The molecule has 2 aliphatic rings. The van der Waals surface area contributed by atoms with E-state index in [0.717, 1.165) is 73.5 Å². The molecular formula is C28H35F3N4O2S. The number of carbonyl (C=O) groups excluding carboxylic acids is 1. The molecule has 1 fully saturated rings. The van der Waals surface area contributed by atoms with Crippen molar-refractivity contribution in [2.24, 2.45) is 18.9 Å². The lowest BCUT2D eigenvalue weighted by Gasteiger charge is -2.30. The van der Waals surface area contributed by atoms with E-state index in [1.807, 2.05) is 31.4 Å². The number of alkyl halides is 3. The third-order valence-corrected chi connectivity index (χ3v) is 8.83. The summed E-state index contributed by atoms with van der Waals surface area (Å²) in [5, 5.41) is 5.46. The van der Waals surface area contributed by atoms with Crippen molar-refractivity contribution >= 4 is 28.0 Å². The molecule has 1 aliphatic carbocycles. The van der Waals surface area contributed by atoms with E-state index in [2.05, 4.69) is 15.0 Å². The lowest BCUT2D eigenvalue weighted by molar-refractivity contribution is -0.0231. The van der Waals surface area contributed by atoms with Crippen molar-refractivity contribution in [3.05, 3.63) is 40.5 Å². The third-order valence-electron chi connectivity index (χ3n) is 7.79. The smallest absolute Gasteiger partial charge is 0.278 e. The number of fused-ring (bicyclic) bond motifs is 2. The number of Topliss-reactive ketones (excluding diaryl/α,β-unsaturated/α-hetero) is 1. The Labute approximate surface area is 225 Å². The second-order valence-electron chi connectivity index (χ2n) is 11.0. The average molecular weight is 549 g/mol. The Morgan fingerprint density at radius 1 is 1.21 bits per heavy atom. The lowest BCUT2D eigenvalue weighted by Crippen LogP contribution is -2.30. The summed E-state index contributed by atoms with van der Waals surface area (Å²) in [6.07, 6.45) is 7.21. The summed E-state index contributed by atoms with van der Waals surface area (Å²) in [7, 11) is 1.87. The molecule has 6 nitrogen and oxygen atoms in total. The first kappa shape index (κ1) is 27.1. The van der Waals surface area contributed by atoms with Crippen LogP contribution in [0, 0.1) is 11.8 Å². The number of halogens is 3. The molecule has 0 bridgehead atoms. The summed E-state index contributed by atoms with van der Waals surface area (Å²) >= 11 is 1.18. The van der Waals surface area contributed by atoms with Crippen molar-refractivity contribution in [3.63, 3.8) is 0 Å². The van der Waals surface area contributed by atoms with E-state index >= 15 is 4.39 Å². The van der Waals surface area contributed by atoms with E-state index < -0.39 is 18.7 Å². The molecule has 1 aliphatic heterocycles. The van der Waals surface area contributed by atoms with E-state index in [1.165, 1.54) is 11.3 Å². The van der Waals surface area contributed by atoms with Gasteiger partial charge in [-0.25, -0.2) is 18.2 Å². The average Bonchev–Trinajstić information content (AvgIpc) is 3.43. The van der Waals surface area contributed by atoms with Crippen molar-refractivity contribution < 1.29 is 22.7 Å². The number of ether oxygens (including phenoxy) is 1. The summed E-state index contributed by atoms with van der Waals surface area (Å²) in [5.74, 6) is -1.75. The molecule has 0 N–H and O–H groups in total. The maximum Gasteiger partial charge on any atom is 0.278 e. The van der Waals surface area contributed by atoms with Gasteiger partial charge in [-0.15, -0.1) is 0 Å². The molecule has 2 aromatic heterocycles. The molecule has 3 heterocycles. The molecule has 1 atom stereocenters. The number of ketones is 1. The first-order chi connectivity index (χ1) is 18.1. The van der Waals surface area contributed by atoms with E-state index in [0.29, 0.717) is 30.4 Å². The standard InChI is InChI=1S/C28H35F3N4O2S/c1-28(30,31)17-37-27-32-26-22(29)16-35(13-11-25(26)38-27)12-10-18-6-8-19(9-7-18)14-24(36)20-4-3-5-23-21(20)15-34(2)33-23/h3-5,15,18-19,22H,6-14,16-17H2,1-2H3. The number of nitrogens with zero attached hydrogens (tertiary/aromatic N) is 4. The van der Waals surface area contributed by atoms with Gasteiger partial charge in [0, 0.05) is 55.5 Å². The lowest BCUT2D eigenvalue weighted by atomic mass is 9.78. The van der Waals surface area contributed by atoms with Gasteiger partial charge in [0.25, 0.3) is 11.1 Å². The molecule has 1 unspecified atom stereocenters. The van der Waals surface area contributed by atoms with Crippen LogP contribution in [0.25, 0.3) is 10.9 Å². The highest BCUT2D eigenvalue weighted by Crippen LogP contribution is 2.36. The zero-order chi connectivity index (χ0) is 26.9. The van der Waals surface area contributed by atoms with Gasteiger partial charge < -0.3 is 4.74 Å². The summed E-state index contributed by atoms with van der Waals surface area (Å²) < 4.78 is 48.0. The molecule has 206 valence electrons. The summed E-state index contributed by atoms with van der Waals surface area (Å²) in [4.78, 5) is 20.2. The number of rotatable bonds is 9. The van der Waals surface area contributed by atoms with Crippen LogP contribution in [0.5, 0.6) is 5.19 Å². The topological polar surface area (TPSA) is 60.2 Å². The van der Waals surface area contributed by atoms with Crippen LogP contribution in [0.15, 0.2) is 24.4 Å². The maximum atomic E-state index is 15.0. The Balaban J connectivity index is 1.06. The molecule has 0 saturated heterocycles. The minimum absolute atomic E-state index is 0.125. The molecular weight excluding hydrogens is 513 g/mol. The van der Waals surface area contributed by atoms with Gasteiger partial charge >= 0.3 is 0 Å². The van der Waals surface area contributed by atoms with Gasteiger partial charge in [-0.2, -0.15) is 5.10 Å². The first-order valence-corrected chi connectivity index (χ1v) is 14.3. The molecule has 1 aromatic carbocycles. The van der Waals surface area contributed by atoms with Crippen molar-refractivity contribution in [2.75, 3.05) is 26.2 Å². The second-order valence-corrected chi connectivity index (χ2v) is 12.1. The highest BCUT2D eigenvalue weighted by molar-refractivity contribution is 7.13. The zero-order valence-corrected chi connectivity index (χ0v) is 22.8. The van der Waals surface area contributed by atoms with Crippen LogP contribution in [-0.4, -0.2) is 57.6 Å². The number of carbonyl (C=O) groups is 1. The van der Waals surface area contributed by atoms with Gasteiger partial charge in [-0.1, -0.05) is 36.3 Å². The van der Waals surface area contributed by atoms with Crippen molar-refractivity contribution in [3.8, 4) is 5.19 Å². The van der Waals surface area contributed by atoms with E-state index in [1.54, 1.807) is 4.68 Å². The summed E-state index contributed by atoms with van der Waals surface area (Å²) in [5.41, 5.74) is 1.97. The van der Waals surface area contributed by atoms with Crippen LogP contribution in [0.1, 0.15) is 72.5 Å². The van der Waals surface area contributed by atoms with Gasteiger partial charge in [0.1, 0.15) is 0 Å². The summed E-state index contributed by atoms with van der Waals surface area (Å²) in [6.45, 7) is 1.86. The monoisotopic (exact) mass is 548 g/mol. The fraction of sp³-hybridized carbons (Fsp3) is 0.607. The molecule has 5 rings (SSSR count). The normalized spacial score (nSPS) is 22.8. The molecule has 1 saturated carbocycles. The fourth-order valence-corrected chi connectivity index (χ4v) is 6.69. The van der Waals surface area contributed by atoms with Crippen molar-refractivity contribution in [1.29, 1.82) is 0 Å². The Bertz CT molecular complexity index is 1260. The van der Waals surface area contributed by atoms with Crippen LogP contribution in [0.4, 0.5) is 13.2 Å². The van der Waals surface area contributed by atoms with Gasteiger partial charge in [0.05, 0.1) is 11.2 Å². The molecule has 0 radical (unpaired) electrons. The maximum absolute atomic E-state index is 15.0. The van der Waals surface area contributed by atoms with Crippen molar-refractivity contribution in [1.82, 2.24) is 19.7 Å². The minimum atomic E-state index is -2.95. The van der Waals surface area contributed by atoms with Gasteiger partial charge in [0.2, 0.25) is 0 Å². The minimum Gasteiger partial charge on any atom is -0.464 e. The highest BCUT2D eigenvalue weighted by atomic mass is 32.1. The van der Waals surface area contributed by atoms with E-state index in [4.69, 9.17) is 4.74 Å². The third kappa shape index (κ3) is 6.57. The Kier molecular flexibility index (Phi) is 8.09. The van der Waals surface area contributed by atoms with Gasteiger partial charge in [0.15, 0.2) is 18.6 Å². The number of hydrogen-bond donors (Lipinski definition) is 0. The summed E-state index contributed by atoms with van der Waals surface area (Å²) in [6, 6.07) is 5.74. The molecule has 38 heavy (non-hydrogen) atoms. The molecule has 3 aromatic rings. The van der Waals surface area contributed by atoms with Crippen LogP contribution in [0.3, 0.4) is 0 Å². The fourth-order valence-electron chi connectivity index (χ4n) is 5.75. The number of thiazole rings is 1. The molecule has 0 spiro atoms. The van der Waals surface area contributed by atoms with Crippen molar-refractivity contribution in [2.45, 2.75) is 64.0 Å². The van der Waals surface area contributed by atoms with Crippen LogP contribution in [0.2, 0.25) is 0 Å². The predicted molar refractivity (Wildman–Crippen MR) is 142 cm³/mol. The Hall–Kier alpha value is -2.46. The first-order valence-electron chi connectivity index (χ1n) is 13.5. The Morgan fingerprint density at radius 2 is 1.97 bits per heavy atom. The largest absolute Gasteiger partial charge is 0.464 e. The van der Waals surface area contributed by atoms with E-state index in [9.17, 15) is 13.6 Å². The number of hydrogen-bond acceptors (Lipinski definition) is 6. The number of aryl methyl sites for hydroxylation is 1. The van der Waals surface area contributed by atoms with Gasteiger partial charge in [-0.05, 0) is 50.1 Å². The molecule has 0 amide bonds. The van der Waals surface area contributed by atoms with Gasteiger partial charge in [-0.3, -0.25) is 14.4 Å². The predicted octanol–water partition coefficient (Wildman–Crippen LogP) is 6.40. The van der Waals surface area contributed by atoms with Crippen LogP contribution in [-0.2, 0) is 13.5 Å². The number of aromatic nitrogens is 3. The quantitative estimate of drug-likeness (QED) is 0.290.